The molecule has 0 unspecified atom stereocenters. The first kappa shape index (κ1) is 30.2. The van der Waals surface area contributed by atoms with Gasteiger partial charge in [-0.25, -0.2) is 9.48 Å². The fourth-order valence-corrected chi connectivity index (χ4v) is 4.31. The molecule has 0 atom stereocenters. The van der Waals surface area contributed by atoms with Crippen molar-refractivity contribution in [2.75, 3.05) is 6.61 Å². The van der Waals surface area contributed by atoms with Gasteiger partial charge in [0.1, 0.15) is 17.2 Å². The summed E-state index contributed by atoms with van der Waals surface area (Å²) in [5, 5.41) is 19.0. The third kappa shape index (κ3) is 9.40. The summed E-state index contributed by atoms with van der Waals surface area (Å²) in [6.45, 7) is 2.92. The Morgan fingerprint density at radius 1 is 0.833 bits per heavy atom. The number of carbonyl (C=O) groups excluding carboxylic acids is 1. The van der Waals surface area contributed by atoms with Crippen molar-refractivity contribution in [3.63, 3.8) is 0 Å². The number of ether oxygens (including phenoxy) is 2. The highest BCUT2D eigenvalue weighted by atomic mass is 16.6. The van der Waals surface area contributed by atoms with Crippen molar-refractivity contribution in [2.45, 2.75) is 58.3 Å². The third-order valence-corrected chi connectivity index (χ3v) is 6.73. The number of hydrogen-bond acceptors (Lipinski definition) is 7. The summed E-state index contributed by atoms with van der Waals surface area (Å²) in [6, 6.07) is 20.2. The van der Waals surface area contributed by atoms with E-state index < -0.39 is 10.9 Å². The zero-order valence-corrected chi connectivity index (χ0v) is 23.9. The van der Waals surface area contributed by atoms with Gasteiger partial charge >= 0.3 is 5.97 Å². The van der Waals surface area contributed by atoms with E-state index in [1.165, 1.54) is 57.1 Å². The molecule has 1 aromatic heterocycles. The van der Waals surface area contributed by atoms with Crippen molar-refractivity contribution < 1.29 is 19.2 Å². The molecule has 218 valence electrons. The van der Waals surface area contributed by atoms with Crippen LogP contribution < -0.4 is 9.47 Å². The zero-order valence-electron chi connectivity index (χ0n) is 23.9. The molecular weight excluding hydrogens is 532 g/mol. The number of nitrogens with zero attached hydrogens (tertiary/aromatic N) is 4. The molecule has 0 saturated carbocycles. The van der Waals surface area contributed by atoms with Gasteiger partial charge in [-0.2, -0.15) is 0 Å². The Balaban J connectivity index is 1.20. The highest BCUT2D eigenvalue weighted by Gasteiger charge is 2.09. The number of aromatic nitrogens is 3. The van der Waals surface area contributed by atoms with Crippen molar-refractivity contribution in [3.8, 4) is 17.2 Å². The minimum Gasteiger partial charge on any atom is -0.494 e. The Kier molecular flexibility index (Phi) is 11.4. The van der Waals surface area contributed by atoms with Gasteiger partial charge < -0.3 is 9.47 Å². The van der Waals surface area contributed by atoms with Crippen LogP contribution in [0.3, 0.4) is 0 Å². The molecule has 3 aromatic carbocycles. The van der Waals surface area contributed by atoms with Gasteiger partial charge in [-0.1, -0.05) is 75.3 Å². The second-order valence-corrected chi connectivity index (χ2v) is 10.0. The average Bonchev–Trinajstić information content (AvgIpc) is 3.49. The lowest BCUT2D eigenvalue weighted by Gasteiger charge is -2.08. The van der Waals surface area contributed by atoms with E-state index in [9.17, 15) is 14.9 Å². The maximum Gasteiger partial charge on any atom is 0.343 e. The number of hydrogen-bond donors (Lipinski definition) is 0. The van der Waals surface area contributed by atoms with Gasteiger partial charge in [0.05, 0.1) is 29.0 Å². The van der Waals surface area contributed by atoms with Crippen LogP contribution in [0.25, 0.3) is 17.8 Å². The normalized spacial score (nSPS) is 11.1. The van der Waals surface area contributed by atoms with Crippen LogP contribution in [0.2, 0.25) is 0 Å². The second kappa shape index (κ2) is 15.9. The first-order valence-corrected chi connectivity index (χ1v) is 14.4. The second-order valence-electron chi connectivity index (χ2n) is 10.0. The number of carbonyl (C=O) groups is 1. The van der Waals surface area contributed by atoms with E-state index in [-0.39, 0.29) is 5.69 Å². The molecule has 0 N–H and O–H groups in total. The maximum atomic E-state index is 12.6. The summed E-state index contributed by atoms with van der Waals surface area (Å²) >= 11 is 0. The lowest BCUT2D eigenvalue weighted by molar-refractivity contribution is -0.384. The van der Waals surface area contributed by atoms with Crippen molar-refractivity contribution in [1.82, 2.24) is 15.0 Å². The molecule has 0 spiro atoms. The Labute approximate surface area is 245 Å². The number of benzene rings is 3. The third-order valence-electron chi connectivity index (χ3n) is 6.73. The fourth-order valence-electron chi connectivity index (χ4n) is 4.31. The van der Waals surface area contributed by atoms with E-state index >= 15 is 0 Å². The van der Waals surface area contributed by atoms with Crippen LogP contribution >= 0.6 is 0 Å². The minimum absolute atomic E-state index is 0.0124. The topological polar surface area (TPSA) is 109 Å². The molecule has 0 fully saturated rings. The predicted octanol–water partition coefficient (Wildman–Crippen LogP) is 8.08. The fraction of sp³-hybridized carbons (Fsp3) is 0.303. The van der Waals surface area contributed by atoms with Gasteiger partial charge in [-0.3, -0.25) is 10.1 Å². The van der Waals surface area contributed by atoms with Crippen molar-refractivity contribution in [1.29, 1.82) is 0 Å². The summed E-state index contributed by atoms with van der Waals surface area (Å²) in [5.41, 5.74) is 2.60. The summed E-state index contributed by atoms with van der Waals surface area (Å²) in [6.07, 6.45) is 15.4. The van der Waals surface area contributed by atoms with Crippen LogP contribution in [0.1, 0.15) is 79.9 Å². The molecule has 0 radical (unpaired) electrons. The number of unbranched alkanes of at least 4 members (excludes halogenated alkanes) is 7. The number of non-ortho nitro benzene ring substituents is 1. The van der Waals surface area contributed by atoms with E-state index in [0.717, 1.165) is 17.7 Å². The lowest BCUT2D eigenvalue weighted by atomic mass is 10.1. The Morgan fingerprint density at radius 2 is 1.48 bits per heavy atom. The van der Waals surface area contributed by atoms with Gasteiger partial charge in [-0.15, -0.1) is 5.10 Å². The Morgan fingerprint density at radius 3 is 2.14 bits per heavy atom. The molecule has 0 aliphatic heterocycles. The number of esters is 1. The smallest absolute Gasteiger partial charge is 0.343 e. The zero-order chi connectivity index (χ0) is 29.6. The van der Waals surface area contributed by atoms with Crippen molar-refractivity contribution in [3.05, 3.63) is 106 Å². The number of nitro benzene ring substituents is 1. The quantitative estimate of drug-likeness (QED) is 0.0442. The first-order chi connectivity index (χ1) is 20.5. The SMILES string of the molecule is CCCCCCCCCCOc1ccc(OC(=O)c2ccc(/C=C\c3cn(-c4ccc([N+](=O)[O-])cc4)nn3)cc2)cc1. The Hall–Kier alpha value is -4.79. The molecule has 0 aliphatic carbocycles. The van der Waals surface area contributed by atoms with Gasteiger partial charge in [0, 0.05) is 12.1 Å². The van der Waals surface area contributed by atoms with E-state index in [2.05, 4.69) is 17.2 Å². The molecule has 42 heavy (non-hydrogen) atoms. The molecule has 4 aromatic rings. The van der Waals surface area contributed by atoms with E-state index in [1.54, 1.807) is 53.4 Å². The largest absolute Gasteiger partial charge is 0.494 e. The van der Waals surface area contributed by atoms with Crippen LogP contribution in [-0.4, -0.2) is 32.5 Å². The molecular formula is C33H36N4O5. The molecule has 9 heteroatoms. The van der Waals surface area contributed by atoms with E-state index in [4.69, 9.17) is 9.47 Å². The molecule has 4 rings (SSSR count). The summed E-state index contributed by atoms with van der Waals surface area (Å²) < 4.78 is 12.9. The van der Waals surface area contributed by atoms with Crippen molar-refractivity contribution >= 4 is 23.8 Å². The molecule has 0 bridgehead atoms. The summed E-state index contributed by atoms with van der Waals surface area (Å²) in [7, 11) is 0. The first-order valence-electron chi connectivity index (χ1n) is 14.4. The lowest BCUT2D eigenvalue weighted by Crippen LogP contribution is -2.08. The monoisotopic (exact) mass is 568 g/mol. The highest BCUT2D eigenvalue weighted by molar-refractivity contribution is 5.91. The highest BCUT2D eigenvalue weighted by Crippen LogP contribution is 2.20. The summed E-state index contributed by atoms with van der Waals surface area (Å²) in [5.74, 6) is 0.783. The van der Waals surface area contributed by atoms with Gasteiger partial charge in [0.25, 0.3) is 5.69 Å². The molecule has 1 heterocycles. The number of rotatable bonds is 16. The van der Waals surface area contributed by atoms with Gasteiger partial charge in [-0.05, 0) is 66.6 Å². The van der Waals surface area contributed by atoms with Crippen LogP contribution in [-0.2, 0) is 0 Å². The van der Waals surface area contributed by atoms with Crippen LogP contribution in [0, 0.1) is 10.1 Å². The van der Waals surface area contributed by atoms with Crippen LogP contribution in [0.4, 0.5) is 5.69 Å². The molecule has 0 aliphatic rings. The molecule has 0 saturated heterocycles. The predicted molar refractivity (Wildman–Crippen MR) is 163 cm³/mol. The standard InChI is InChI=1S/C33H36N4O5/c1-2-3-4-5-6-7-8-9-24-41-31-20-22-32(23-21-31)42-33(38)27-13-10-26(11-14-27)12-15-28-25-36(35-34-28)29-16-18-30(19-17-29)37(39)40/h10-23,25H,2-9,24H2,1H3/b15-12-. The minimum atomic E-state index is -0.448. The van der Waals surface area contributed by atoms with E-state index in [0.29, 0.717) is 29.3 Å². The number of nitro groups is 1. The maximum absolute atomic E-state index is 12.6. The van der Waals surface area contributed by atoms with Crippen LogP contribution in [0.15, 0.2) is 79.0 Å². The molecule has 9 nitrogen and oxygen atoms in total. The van der Waals surface area contributed by atoms with Crippen molar-refractivity contribution in [2.24, 2.45) is 0 Å². The van der Waals surface area contributed by atoms with Crippen LogP contribution in [0.5, 0.6) is 11.5 Å². The Bertz CT molecular complexity index is 1450. The van der Waals surface area contributed by atoms with Gasteiger partial charge in [0.2, 0.25) is 0 Å². The summed E-state index contributed by atoms with van der Waals surface area (Å²) in [4.78, 5) is 23.0. The van der Waals surface area contributed by atoms with Gasteiger partial charge in [0.15, 0.2) is 0 Å². The van der Waals surface area contributed by atoms with E-state index in [1.807, 2.05) is 30.3 Å². The molecule has 0 amide bonds. The average molecular weight is 569 g/mol.